The maximum atomic E-state index is 9.19. The van der Waals surface area contributed by atoms with E-state index in [9.17, 15) is 5.11 Å². The van der Waals surface area contributed by atoms with Crippen LogP contribution in [-0.2, 0) is 21.7 Å². The number of nitrogens with zero attached hydrogens (tertiary/aromatic N) is 3. The van der Waals surface area contributed by atoms with Crippen LogP contribution in [0.2, 0.25) is 0 Å². The molecule has 0 bridgehead atoms. The SMILES string of the molecule is CC=C(O)c1ccccc1.CC[N-]CC.CC[N-]CC.CC[N-]CC.[Ti+3]. The Hall–Kier alpha value is -0.646. The molecule has 0 unspecified atom stereocenters. The van der Waals surface area contributed by atoms with Crippen LogP contribution in [0, 0.1) is 0 Å². The summed E-state index contributed by atoms with van der Waals surface area (Å²) < 4.78 is 0. The van der Waals surface area contributed by atoms with E-state index < -0.39 is 0 Å². The number of hydrogen-bond acceptors (Lipinski definition) is 1. The summed E-state index contributed by atoms with van der Waals surface area (Å²) in [5.74, 6) is 0.334. The third-order valence-corrected chi connectivity index (χ3v) is 2.68. The van der Waals surface area contributed by atoms with Crippen LogP contribution in [0.1, 0.15) is 54.0 Å². The number of aliphatic hydroxyl groups excluding tert-OH is 1. The van der Waals surface area contributed by atoms with E-state index in [1.54, 1.807) is 6.08 Å². The van der Waals surface area contributed by atoms with Crippen LogP contribution in [0.15, 0.2) is 36.4 Å². The summed E-state index contributed by atoms with van der Waals surface area (Å²) in [7, 11) is 0. The van der Waals surface area contributed by atoms with Crippen LogP contribution in [0.4, 0.5) is 0 Å². The Labute approximate surface area is 178 Å². The second-order valence-electron chi connectivity index (χ2n) is 4.61. The summed E-state index contributed by atoms with van der Waals surface area (Å²) in [5.41, 5.74) is 0.866. The molecule has 4 nitrogen and oxygen atoms in total. The van der Waals surface area contributed by atoms with Crippen molar-refractivity contribution in [3.05, 3.63) is 57.9 Å². The van der Waals surface area contributed by atoms with Crippen molar-refractivity contribution in [1.29, 1.82) is 0 Å². The molecule has 1 N–H and O–H groups in total. The maximum Gasteiger partial charge on any atom is 3.00 e. The molecule has 0 atom stereocenters. The molecule has 0 heterocycles. The third kappa shape index (κ3) is 31.2. The second kappa shape index (κ2) is 32.1. The predicted octanol–water partition coefficient (Wildman–Crippen LogP) is 6.80. The van der Waals surface area contributed by atoms with Crippen LogP contribution in [0.5, 0.6) is 0 Å². The Morgan fingerprint density at radius 3 is 1.23 bits per heavy atom. The smallest absolute Gasteiger partial charge is 0.663 e. The van der Waals surface area contributed by atoms with Gasteiger partial charge >= 0.3 is 21.7 Å². The van der Waals surface area contributed by atoms with Crippen molar-refractivity contribution in [1.82, 2.24) is 0 Å². The number of hydrogen-bond donors (Lipinski definition) is 1. The topological polar surface area (TPSA) is 62.5 Å². The van der Waals surface area contributed by atoms with Gasteiger partial charge in [0.25, 0.3) is 0 Å². The second-order valence-corrected chi connectivity index (χ2v) is 4.61. The summed E-state index contributed by atoms with van der Waals surface area (Å²) in [4.78, 5) is 0. The molecule has 0 aliphatic carbocycles. The van der Waals surface area contributed by atoms with Gasteiger partial charge in [0, 0.05) is 5.56 Å². The molecule has 0 aromatic heterocycles. The number of aliphatic hydroxyl groups is 1. The summed E-state index contributed by atoms with van der Waals surface area (Å²) in [5, 5.41) is 21.1. The molecule has 0 aliphatic rings. The van der Waals surface area contributed by atoms with E-state index in [-0.39, 0.29) is 21.7 Å². The Balaban J connectivity index is -0.000000132. The minimum absolute atomic E-state index is 0. The van der Waals surface area contributed by atoms with Crippen molar-refractivity contribution >= 4 is 5.76 Å². The van der Waals surface area contributed by atoms with Gasteiger partial charge in [-0.3, -0.25) is 0 Å². The largest absolute Gasteiger partial charge is 3.00 e. The number of rotatable bonds is 7. The molecule has 0 fully saturated rings. The molecule has 1 aromatic carbocycles. The van der Waals surface area contributed by atoms with Gasteiger partial charge in [0.05, 0.1) is 0 Å². The fourth-order valence-electron chi connectivity index (χ4n) is 1.45. The molecular formula is C21H40N3OTi. The van der Waals surface area contributed by atoms with Crippen molar-refractivity contribution in [3.8, 4) is 0 Å². The van der Waals surface area contributed by atoms with Gasteiger partial charge in [-0.2, -0.15) is 39.3 Å². The monoisotopic (exact) mass is 398 g/mol. The Morgan fingerprint density at radius 1 is 0.731 bits per heavy atom. The Morgan fingerprint density at radius 2 is 1.04 bits per heavy atom. The van der Waals surface area contributed by atoms with Crippen LogP contribution in [0.25, 0.3) is 21.7 Å². The summed E-state index contributed by atoms with van der Waals surface area (Å²) in [6.07, 6.45) is 1.68. The molecule has 149 valence electrons. The molecule has 0 spiro atoms. The molecular weight excluding hydrogens is 358 g/mol. The van der Waals surface area contributed by atoms with Crippen LogP contribution in [0.3, 0.4) is 0 Å². The summed E-state index contributed by atoms with van der Waals surface area (Å²) in [6.45, 7) is 19.9. The van der Waals surface area contributed by atoms with E-state index >= 15 is 0 Å². The van der Waals surface area contributed by atoms with Crippen molar-refractivity contribution in [2.45, 2.75) is 48.5 Å². The van der Waals surface area contributed by atoms with Gasteiger partial charge < -0.3 is 21.1 Å². The molecule has 1 radical (unpaired) electrons. The molecule has 1 aromatic rings. The number of benzene rings is 1. The standard InChI is InChI=1S/C9H10O.3C4H10N.Ti/c1-2-9(10)8-6-4-3-5-7-8;3*1-3-5-4-2;/h2-7,10H,1H3;3*3-4H2,1-2H3;/q;3*-1;+3. The normalized spacial score (nSPS) is 9.27. The molecule has 0 aliphatic heterocycles. The zero-order valence-electron chi connectivity index (χ0n) is 18.0. The van der Waals surface area contributed by atoms with E-state index in [0.717, 1.165) is 44.8 Å². The minimum Gasteiger partial charge on any atom is -0.663 e. The van der Waals surface area contributed by atoms with E-state index in [2.05, 4.69) is 16.0 Å². The Kier molecular flexibility index (Phi) is 40.7. The van der Waals surface area contributed by atoms with E-state index in [0.29, 0.717) is 5.76 Å². The predicted molar refractivity (Wildman–Crippen MR) is 116 cm³/mol. The maximum absolute atomic E-state index is 9.19. The first-order valence-electron chi connectivity index (χ1n) is 9.39. The van der Waals surface area contributed by atoms with Gasteiger partial charge in [-0.1, -0.05) is 71.9 Å². The zero-order chi connectivity index (χ0) is 19.8. The van der Waals surface area contributed by atoms with Gasteiger partial charge in [-0.05, 0) is 13.0 Å². The van der Waals surface area contributed by atoms with Crippen molar-refractivity contribution in [2.75, 3.05) is 39.3 Å². The molecule has 5 heteroatoms. The Bertz CT molecular complexity index is 339. The first-order chi connectivity index (χ1) is 12.1. The van der Waals surface area contributed by atoms with Crippen molar-refractivity contribution in [2.24, 2.45) is 0 Å². The van der Waals surface area contributed by atoms with E-state index in [1.807, 2.05) is 78.8 Å². The molecule has 0 amide bonds. The third-order valence-electron chi connectivity index (χ3n) is 2.68. The molecule has 26 heavy (non-hydrogen) atoms. The van der Waals surface area contributed by atoms with Gasteiger partial charge in [0.2, 0.25) is 0 Å². The fraction of sp³-hybridized carbons (Fsp3) is 0.619. The quantitative estimate of drug-likeness (QED) is 0.398. The first kappa shape index (κ1) is 33.0. The van der Waals surface area contributed by atoms with E-state index in [4.69, 9.17) is 0 Å². The summed E-state index contributed by atoms with van der Waals surface area (Å²) >= 11 is 0. The van der Waals surface area contributed by atoms with Gasteiger partial charge in [-0.25, -0.2) is 0 Å². The molecule has 0 saturated carbocycles. The van der Waals surface area contributed by atoms with Crippen molar-refractivity contribution in [3.63, 3.8) is 0 Å². The first-order valence-corrected chi connectivity index (χ1v) is 9.39. The van der Waals surface area contributed by atoms with Crippen LogP contribution >= 0.6 is 0 Å². The molecule has 0 saturated heterocycles. The minimum atomic E-state index is 0. The average Bonchev–Trinajstić information content (AvgIpc) is 2.65. The van der Waals surface area contributed by atoms with Crippen LogP contribution < -0.4 is 0 Å². The van der Waals surface area contributed by atoms with E-state index in [1.165, 1.54) is 0 Å². The van der Waals surface area contributed by atoms with Crippen LogP contribution in [-0.4, -0.2) is 44.4 Å². The van der Waals surface area contributed by atoms with Crippen molar-refractivity contribution < 1.29 is 26.8 Å². The van der Waals surface area contributed by atoms with Gasteiger partial charge in [0.1, 0.15) is 5.76 Å². The van der Waals surface area contributed by atoms with Gasteiger partial charge in [0.15, 0.2) is 0 Å². The fourth-order valence-corrected chi connectivity index (χ4v) is 1.45. The van der Waals surface area contributed by atoms with Gasteiger partial charge in [-0.15, -0.1) is 0 Å². The summed E-state index contributed by atoms with van der Waals surface area (Å²) in [6, 6.07) is 9.46. The average molecular weight is 398 g/mol. The molecule has 1 rings (SSSR count). The number of allylic oxidation sites excluding steroid dienone is 1. The zero-order valence-corrected chi connectivity index (χ0v) is 19.6.